The average molecular weight is 230 g/mol. The highest BCUT2D eigenvalue weighted by atomic mass is 19.4. The lowest BCUT2D eigenvalue weighted by Crippen LogP contribution is -2.20. The highest BCUT2D eigenvalue weighted by molar-refractivity contribution is 5.41. The zero-order chi connectivity index (χ0) is 11.6. The molecule has 1 aromatic carbocycles. The van der Waals surface area contributed by atoms with E-state index >= 15 is 0 Å². The van der Waals surface area contributed by atoms with Gasteiger partial charge in [0.05, 0.1) is 0 Å². The molecule has 0 aliphatic heterocycles. The smallest absolute Gasteiger partial charge is 0.422 e. The van der Waals surface area contributed by atoms with Crippen LogP contribution in [-0.4, -0.2) is 12.8 Å². The van der Waals surface area contributed by atoms with Crippen LogP contribution in [0, 0.1) is 0 Å². The lowest BCUT2D eigenvalue weighted by atomic mass is 9.91. The first-order valence-corrected chi connectivity index (χ1v) is 5.36. The van der Waals surface area contributed by atoms with E-state index in [1.807, 2.05) is 6.07 Å². The largest absolute Gasteiger partial charge is 0.484 e. The Hall–Kier alpha value is -1.19. The van der Waals surface area contributed by atoms with Crippen LogP contribution in [0.3, 0.4) is 0 Å². The van der Waals surface area contributed by atoms with Crippen molar-refractivity contribution in [2.75, 3.05) is 6.61 Å². The van der Waals surface area contributed by atoms with Gasteiger partial charge in [-0.15, -0.1) is 0 Å². The minimum atomic E-state index is -4.27. The van der Waals surface area contributed by atoms with Crippen molar-refractivity contribution in [3.8, 4) is 5.75 Å². The van der Waals surface area contributed by atoms with Crippen molar-refractivity contribution in [1.29, 1.82) is 0 Å². The van der Waals surface area contributed by atoms with Gasteiger partial charge in [0.25, 0.3) is 0 Å². The number of benzene rings is 1. The van der Waals surface area contributed by atoms with E-state index in [4.69, 9.17) is 4.74 Å². The molecule has 0 heterocycles. The molecule has 0 saturated heterocycles. The Balaban J connectivity index is 2.15. The van der Waals surface area contributed by atoms with E-state index in [-0.39, 0.29) is 0 Å². The molecule has 1 aliphatic carbocycles. The van der Waals surface area contributed by atoms with Crippen LogP contribution in [0.1, 0.15) is 24.0 Å². The molecule has 88 valence electrons. The van der Waals surface area contributed by atoms with Crippen LogP contribution in [-0.2, 0) is 12.8 Å². The summed E-state index contributed by atoms with van der Waals surface area (Å²) < 4.78 is 41.0. The Morgan fingerprint density at radius 3 is 2.62 bits per heavy atom. The second-order valence-electron chi connectivity index (χ2n) is 4.00. The molecule has 1 aliphatic rings. The van der Waals surface area contributed by atoms with Crippen LogP contribution in [0.5, 0.6) is 5.75 Å². The molecule has 0 atom stereocenters. The van der Waals surface area contributed by atoms with Gasteiger partial charge < -0.3 is 4.74 Å². The Morgan fingerprint density at radius 1 is 1.12 bits per heavy atom. The highest BCUT2D eigenvalue weighted by Crippen LogP contribution is 2.30. The summed E-state index contributed by atoms with van der Waals surface area (Å²) in [6.45, 7) is -1.20. The van der Waals surface area contributed by atoms with Crippen molar-refractivity contribution in [1.82, 2.24) is 0 Å². The van der Waals surface area contributed by atoms with Crippen LogP contribution in [0.25, 0.3) is 0 Å². The zero-order valence-electron chi connectivity index (χ0n) is 8.81. The van der Waals surface area contributed by atoms with Gasteiger partial charge in [-0.05, 0) is 42.9 Å². The average Bonchev–Trinajstić information content (AvgIpc) is 2.25. The summed E-state index contributed by atoms with van der Waals surface area (Å²) in [6.07, 6.45) is -0.367. The first kappa shape index (κ1) is 11.3. The summed E-state index contributed by atoms with van der Waals surface area (Å²) in [5.74, 6) is 0.398. The van der Waals surface area contributed by atoms with E-state index in [0.29, 0.717) is 5.75 Å². The number of halogens is 3. The van der Waals surface area contributed by atoms with Crippen molar-refractivity contribution in [2.45, 2.75) is 31.9 Å². The topological polar surface area (TPSA) is 9.23 Å². The summed E-state index contributed by atoms with van der Waals surface area (Å²) >= 11 is 0. The fraction of sp³-hybridized carbons (Fsp3) is 0.500. The lowest BCUT2D eigenvalue weighted by molar-refractivity contribution is -0.153. The Morgan fingerprint density at radius 2 is 1.88 bits per heavy atom. The van der Waals surface area contributed by atoms with Crippen molar-refractivity contribution in [3.63, 3.8) is 0 Å². The van der Waals surface area contributed by atoms with Crippen molar-refractivity contribution < 1.29 is 17.9 Å². The number of alkyl halides is 3. The minimum Gasteiger partial charge on any atom is -0.484 e. The molecule has 16 heavy (non-hydrogen) atoms. The van der Waals surface area contributed by atoms with Gasteiger partial charge >= 0.3 is 6.18 Å². The van der Waals surface area contributed by atoms with Crippen LogP contribution in [0.2, 0.25) is 0 Å². The van der Waals surface area contributed by atoms with E-state index in [0.717, 1.165) is 36.8 Å². The third-order valence-corrected chi connectivity index (χ3v) is 2.74. The molecular weight excluding hydrogens is 217 g/mol. The molecule has 2 rings (SSSR count). The maximum absolute atomic E-state index is 12.0. The summed E-state index contributed by atoms with van der Waals surface area (Å²) in [6, 6.07) is 5.35. The second kappa shape index (κ2) is 4.36. The number of aryl methyl sites for hydroxylation is 1. The molecule has 0 fully saturated rings. The Kier molecular flexibility index (Phi) is 3.08. The van der Waals surface area contributed by atoms with Gasteiger partial charge in [0.15, 0.2) is 6.61 Å². The van der Waals surface area contributed by atoms with E-state index < -0.39 is 12.8 Å². The summed E-state index contributed by atoms with van der Waals surface area (Å²) in [5, 5.41) is 0. The third-order valence-electron chi connectivity index (χ3n) is 2.74. The number of rotatable bonds is 2. The van der Waals surface area contributed by atoms with Gasteiger partial charge in [0.2, 0.25) is 0 Å². The molecule has 0 radical (unpaired) electrons. The molecule has 0 saturated carbocycles. The van der Waals surface area contributed by atoms with Crippen LogP contribution < -0.4 is 4.74 Å². The SMILES string of the molecule is FC(F)(F)COc1cccc2c1CCCC2. The summed E-state index contributed by atoms with van der Waals surface area (Å²) in [7, 11) is 0. The van der Waals surface area contributed by atoms with Crippen molar-refractivity contribution in [2.24, 2.45) is 0 Å². The van der Waals surface area contributed by atoms with Gasteiger partial charge in [-0.2, -0.15) is 13.2 Å². The number of fused-ring (bicyclic) bond motifs is 1. The van der Waals surface area contributed by atoms with Crippen molar-refractivity contribution in [3.05, 3.63) is 29.3 Å². The molecule has 1 aromatic rings. The number of hydrogen-bond donors (Lipinski definition) is 0. The Labute approximate surface area is 92.2 Å². The predicted octanol–water partition coefficient (Wildman–Crippen LogP) is 3.51. The first-order valence-electron chi connectivity index (χ1n) is 5.36. The van der Waals surface area contributed by atoms with Gasteiger partial charge in [0, 0.05) is 0 Å². The quantitative estimate of drug-likeness (QED) is 0.755. The van der Waals surface area contributed by atoms with E-state index in [9.17, 15) is 13.2 Å². The van der Waals surface area contributed by atoms with Crippen LogP contribution in [0.15, 0.2) is 18.2 Å². The molecule has 4 heteroatoms. The monoisotopic (exact) mass is 230 g/mol. The minimum absolute atomic E-state index is 0.398. The molecule has 0 N–H and O–H groups in total. The second-order valence-corrected chi connectivity index (χ2v) is 4.00. The molecule has 0 aromatic heterocycles. The zero-order valence-corrected chi connectivity index (χ0v) is 8.81. The molecule has 1 nitrogen and oxygen atoms in total. The number of hydrogen-bond acceptors (Lipinski definition) is 1. The van der Waals surface area contributed by atoms with Gasteiger partial charge in [0.1, 0.15) is 5.75 Å². The summed E-state index contributed by atoms with van der Waals surface area (Å²) in [4.78, 5) is 0. The molecule has 0 unspecified atom stereocenters. The fourth-order valence-corrected chi connectivity index (χ4v) is 2.04. The molecular formula is C12H13F3O. The maximum Gasteiger partial charge on any atom is 0.422 e. The highest BCUT2D eigenvalue weighted by Gasteiger charge is 2.29. The summed E-state index contributed by atoms with van der Waals surface area (Å²) in [5.41, 5.74) is 2.09. The van der Waals surface area contributed by atoms with Crippen LogP contribution in [0.4, 0.5) is 13.2 Å². The normalized spacial score (nSPS) is 15.7. The van der Waals surface area contributed by atoms with E-state index in [2.05, 4.69) is 0 Å². The predicted molar refractivity (Wildman–Crippen MR) is 54.6 cm³/mol. The van der Waals surface area contributed by atoms with Crippen molar-refractivity contribution >= 4 is 0 Å². The van der Waals surface area contributed by atoms with Gasteiger partial charge in [-0.25, -0.2) is 0 Å². The molecule has 0 bridgehead atoms. The standard InChI is InChI=1S/C12H13F3O/c13-12(14,15)8-16-11-7-3-5-9-4-1-2-6-10(9)11/h3,5,7H,1-2,4,6,8H2. The molecule has 0 amide bonds. The first-order chi connectivity index (χ1) is 7.56. The fourth-order valence-electron chi connectivity index (χ4n) is 2.04. The lowest BCUT2D eigenvalue weighted by Gasteiger charge is -2.19. The van der Waals surface area contributed by atoms with E-state index in [1.165, 1.54) is 0 Å². The number of ether oxygens (including phenoxy) is 1. The van der Waals surface area contributed by atoms with Gasteiger partial charge in [-0.1, -0.05) is 12.1 Å². The van der Waals surface area contributed by atoms with E-state index in [1.54, 1.807) is 12.1 Å². The maximum atomic E-state index is 12.0. The van der Waals surface area contributed by atoms with Gasteiger partial charge in [-0.3, -0.25) is 0 Å². The Bertz CT molecular complexity index is 371. The van der Waals surface area contributed by atoms with Crippen LogP contribution >= 0.6 is 0 Å². The molecule has 0 spiro atoms. The third kappa shape index (κ3) is 2.68.